The minimum absolute atomic E-state index is 0.0523. The highest BCUT2D eigenvalue weighted by Crippen LogP contribution is 2.26. The quantitative estimate of drug-likeness (QED) is 0.357. The monoisotopic (exact) mass is 423 g/mol. The molecule has 0 bridgehead atoms. The highest BCUT2D eigenvalue weighted by Gasteiger charge is 2.27. The van der Waals surface area contributed by atoms with Crippen molar-refractivity contribution < 1.29 is 19.4 Å². The van der Waals surface area contributed by atoms with Crippen LogP contribution in [-0.4, -0.2) is 23.6 Å². The Morgan fingerprint density at radius 1 is 1.06 bits per heavy atom. The predicted octanol–water partition coefficient (Wildman–Crippen LogP) is 5.73. The Balaban J connectivity index is 1.86. The van der Waals surface area contributed by atoms with Crippen molar-refractivity contribution in [3.63, 3.8) is 0 Å². The van der Waals surface area contributed by atoms with Crippen LogP contribution in [0.3, 0.4) is 0 Å². The standard InChI is InChI=1S/C26H33NO4/c1-5-19-8-12-21(6-2)23(18-19)31-17-7-16-26(3,4)25(30)27-22-13-9-20(10-14-22)11-15-24(28)29/h8-15,18H,5-7,16-17H2,1-4H3,(H,27,30)(H,28,29)/b15-11+. The summed E-state index contributed by atoms with van der Waals surface area (Å²) in [4.78, 5) is 23.3. The van der Waals surface area contributed by atoms with Gasteiger partial charge in [-0.3, -0.25) is 4.79 Å². The van der Waals surface area contributed by atoms with E-state index < -0.39 is 11.4 Å². The molecule has 0 aromatic heterocycles. The molecule has 5 heteroatoms. The van der Waals surface area contributed by atoms with Gasteiger partial charge in [0.15, 0.2) is 0 Å². The van der Waals surface area contributed by atoms with Crippen LogP contribution in [0.4, 0.5) is 5.69 Å². The second-order valence-electron chi connectivity index (χ2n) is 8.23. The average molecular weight is 424 g/mol. The lowest BCUT2D eigenvalue weighted by Gasteiger charge is -2.24. The fourth-order valence-corrected chi connectivity index (χ4v) is 3.20. The molecule has 2 aromatic carbocycles. The second-order valence-corrected chi connectivity index (χ2v) is 8.23. The highest BCUT2D eigenvalue weighted by atomic mass is 16.5. The van der Waals surface area contributed by atoms with Crippen molar-refractivity contribution in [1.29, 1.82) is 0 Å². The van der Waals surface area contributed by atoms with Gasteiger partial charge in [-0.1, -0.05) is 52.0 Å². The summed E-state index contributed by atoms with van der Waals surface area (Å²) >= 11 is 0. The number of aliphatic carboxylic acids is 1. The molecule has 0 saturated heterocycles. The minimum atomic E-state index is -0.993. The van der Waals surface area contributed by atoms with E-state index in [0.29, 0.717) is 18.7 Å². The Kier molecular flexibility index (Phi) is 8.86. The topological polar surface area (TPSA) is 75.6 Å². The Hall–Kier alpha value is -3.08. The van der Waals surface area contributed by atoms with Gasteiger partial charge in [-0.25, -0.2) is 4.79 Å². The Bertz CT molecular complexity index is 914. The van der Waals surface area contributed by atoms with Crippen LogP contribution in [0.15, 0.2) is 48.5 Å². The number of rotatable bonds is 11. The summed E-state index contributed by atoms with van der Waals surface area (Å²) in [6, 6.07) is 13.5. The maximum Gasteiger partial charge on any atom is 0.328 e. The summed E-state index contributed by atoms with van der Waals surface area (Å²) in [7, 11) is 0. The number of benzene rings is 2. The fraction of sp³-hybridized carbons (Fsp3) is 0.385. The third kappa shape index (κ3) is 7.59. The van der Waals surface area contributed by atoms with Crippen molar-refractivity contribution in [2.24, 2.45) is 5.41 Å². The third-order valence-electron chi connectivity index (χ3n) is 5.33. The Morgan fingerprint density at radius 3 is 2.39 bits per heavy atom. The summed E-state index contributed by atoms with van der Waals surface area (Å²) in [6.45, 7) is 8.69. The van der Waals surface area contributed by atoms with Gasteiger partial charge in [0.1, 0.15) is 5.75 Å². The molecular weight excluding hydrogens is 390 g/mol. The van der Waals surface area contributed by atoms with Gasteiger partial charge in [0.25, 0.3) is 0 Å². The molecule has 0 aliphatic heterocycles. The molecule has 0 heterocycles. The van der Waals surface area contributed by atoms with E-state index in [1.54, 1.807) is 24.3 Å². The Morgan fingerprint density at radius 2 is 1.77 bits per heavy atom. The number of anilines is 1. The van der Waals surface area contributed by atoms with Crippen LogP contribution < -0.4 is 10.1 Å². The van der Waals surface area contributed by atoms with Crippen molar-refractivity contribution in [3.05, 3.63) is 65.2 Å². The molecule has 0 atom stereocenters. The number of nitrogens with one attached hydrogen (secondary N) is 1. The zero-order chi connectivity index (χ0) is 22.9. The first-order valence-corrected chi connectivity index (χ1v) is 10.8. The van der Waals surface area contributed by atoms with Crippen LogP contribution >= 0.6 is 0 Å². The van der Waals surface area contributed by atoms with Crippen LogP contribution in [0.1, 0.15) is 57.2 Å². The molecule has 0 fully saturated rings. The van der Waals surface area contributed by atoms with Gasteiger partial charge >= 0.3 is 5.97 Å². The lowest BCUT2D eigenvalue weighted by atomic mass is 9.87. The molecular formula is C26H33NO4. The molecule has 2 rings (SSSR count). The molecule has 2 aromatic rings. The van der Waals surface area contributed by atoms with E-state index >= 15 is 0 Å². The van der Waals surface area contributed by atoms with Gasteiger partial charge in [0, 0.05) is 17.2 Å². The lowest BCUT2D eigenvalue weighted by molar-refractivity contribution is -0.131. The van der Waals surface area contributed by atoms with Crippen LogP contribution in [-0.2, 0) is 22.4 Å². The molecule has 0 unspecified atom stereocenters. The first-order valence-electron chi connectivity index (χ1n) is 10.8. The van der Waals surface area contributed by atoms with E-state index in [4.69, 9.17) is 9.84 Å². The summed E-state index contributed by atoms with van der Waals surface area (Å²) in [6.07, 6.45) is 5.98. The molecule has 2 N–H and O–H groups in total. The number of carbonyl (C=O) groups excluding carboxylic acids is 1. The molecule has 0 spiro atoms. The van der Waals surface area contributed by atoms with Crippen LogP contribution in [0, 0.1) is 5.41 Å². The van der Waals surface area contributed by atoms with E-state index in [2.05, 4.69) is 37.4 Å². The first-order chi connectivity index (χ1) is 14.7. The second kappa shape index (κ2) is 11.3. The predicted molar refractivity (Wildman–Crippen MR) is 125 cm³/mol. The number of amides is 1. The number of aryl methyl sites for hydroxylation is 2. The summed E-state index contributed by atoms with van der Waals surface area (Å²) in [5.41, 5.74) is 3.37. The Labute approximate surface area is 185 Å². The molecule has 1 amide bonds. The van der Waals surface area contributed by atoms with E-state index in [1.165, 1.54) is 17.2 Å². The van der Waals surface area contributed by atoms with Crippen LogP contribution in [0.25, 0.3) is 6.08 Å². The number of carbonyl (C=O) groups is 2. The summed E-state index contributed by atoms with van der Waals surface area (Å²) < 4.78 is 6.04. The molecule has 0 aliphatic carbocycles. The molecule has 0 aliphatic rings. The normalized spacial score (nSPS) is 11.5. The maximum atomic E-state index is 12.7. The van der Waals surface area contributed by atoms with Gasteiger partial charge in [-0.2, -0.15) is 0 Å². The fourth-order valence-electron chi connectivity index (χ4n) is 3.20. The smallest absolute Gasteiger partial charge is 0.328 e. The van der Waals surface area contributed by atoms with E-state index in [9.17, 15) is 9.59 Å². The van der Waals surface area contributed by atoms with Crippen LogP contribution in [0.5, 0.6) is 5.75 Å². The van der Waals surface area contributed by atoms with Crippen molar-refractivity contribution in [2.45, 2.75) is 53.4 Å². The third-order valence-corrected chi connectivity index (χ3v) is 5.33. The van der Waals surface area contributed by atoms with Gasteiger partial charge in [-0.15, -0.1) is 0 Å². The summed E-state index contributed by atoms with van der Waals surface area (Å²) in [5, 5.41) is 11.6. The lowest BCUT2D eigenvalue weighted by Crippen LogP contribution is -2.31. The maximum absolute atomic E-state index is 12.7. The zero-order valence-electron chi connectivity index (χ0n) is 18.9. The van der Waals surface area contributed by atoms with Crippen molar-refractivity contribution in [2.75, 3.05) is 11.9 Å². The SMILES string of the molecule is CCc1ccc(CC)c(OCCCC(C)(C)C(=O)Nc2ccc(/C=C/C(=O)O)cc2)c1. The number of hydrogen-bond acceptors (Lipinski definition) is 3. The number of carboxylic acids is 1. The van der Waals surface area contributed by atoms with Gasteiger partial charge in [-0.05, 0) is 66.6 Å². The van der Waals surface area contributed by atoms with E-state index in [0.717, 1.165) is 36.7 Å². The van der Waals surface area contributed by atoms with Crippen molar-refractivity contribution in [3.8, 4) is 5.75 Å². The largest absolute Gasteiger partial charge is 0.493 e. The van der Waals surface area contributed by atoms with Gasteiger partial charge in [0.2, 0.25) is 5.91 Å². The molecule has 0 radical (unpaired) electrons. The van der Waals surface area contributed by atoms with E-state index in [1.807, 2.05) is 13.8 Å². The minimum Gasteiger partial charge on any atom is -0.493 e. The van der Waals surface area contributed by atoms with Crippen LogP contribution in [0.2, 0.25) is 0 Å². The molecule has 31 heavy (non-hydrogen) atoms. The van der Waals surface area contributed by atoms with Gasteiger partial charge in [0.05, 0.1) is 6.61 Å². The average Bonchev–Trinajstić information content (AvgIpc) is 2.76. The number of carboxylic acid groups (broad SMARTS) is 1. The van der Waals surface area contributed by atoms with Crippen molar-refractivity contribution >= 4 is 23.6 Å². The zero-order valence-corrected chi connectivity index (χ0v) is 18.9. The van der Waals surface area contributed by atoms with Gasteiger partial charge < -0.3 is 15.2 Å². The first kappa shape index (κ1) is 24.2. The molecule has 5 nitrogen and oxygen atoms in total. The summed E-state index contributed by atoms with van der Waals surface area (Å²) in [5.74, 6) is -0.100. The number of hydrogen-bond donors (Lipinski definition) is 2. The van der Waals surface area contributed by atoms with Crippen molar-refractivity contribution in [1.82, 2.24) is 0 Å². The molecule has 166 valence electrons. The number of ether oxygens (including phenoxy) is 1. The highest BCUT2D eigenvalue weighted by molar-refractivity contribution is 5.95. The molecule has 0 saturated carbocycles. The van der Waals surface area contributed by atoms with E-state index in [-0.39, 0.29) is 5.91 Å².